The van der Waals surface area contributed by atoms with Gasteiger partial charge in [0.05, 0.1) is 0 Å². The molecule has 0 unspecified atom stereocenters. The molecular formula is C20H27IN6. The maximum Gasteiger partial charge on any atom is 0.191 e. The molecule has 0 saturated carbocycles. The molecule has 27 heavy (non-hydrogen) atoms. The maximum atomic E-state index is 4.30. The Balaban J connectivity index is 0.00000261. The molecule has 0 aliphatic rings. The van der Waals surface area contributed by atoms with Gasteiger partial charge in [0.15, 0.2) is 5.96 Å². The highest BCUT2D eigenvalue weighted by atomic mass is 127. The molecule has 0 aliphatic heterocycles. The lowest BCUT2D eigenvalue weighted by Crippen LogP contribution is -2.39. The van der Waals surface area contributed by atoms with Crippen LogP contribution in [0.15, 0.2) is 53.8 Å². The first-order valence-electron chi connectivity index (χ1n) is 9.09. The van der Waals surface area contributed by atoms with Gasteiger partial charge in [-0.15, -0.1) is 34.2 Å². The summed E-state index contributed by atoms with van der Waals surface area (Å²) in [6.07, 6.45) is 3.61. The molecule has 0 amide bonds. The number of rotatable bonds is 7. The van der Waals surface area contributed by atoms with E-state index in [0.29, 0.717) is 0 Å². The third-order valence-corrected chi connectivity index (χ3v) is 4.45. The van der Waals surface area contributed by atoms with Gasteiger partial charge in [0.25, 0.3) is 0 Å². The van der Waals surface area contributed by atoms with Crippen LogP contribution in [-0.4, -0.2) is 40.9 Å². The standard InChI is InChI=1S/C20H26N6.HI/c1-3-19-25-24-15-26(19)14-13-23-20(21-2)22-12-11-17-9-6-8-16-7-4-5-10-18(16)17;/h4-10,15H,3,11-14H2,1-2H3,(H2,21,22,23);1H. The molecule has 0 bridgehead atoms. The van der Waals surface area contributed by atoms with Crippen molar-refractivity contribution in [2.75, 3.05) is 20.1 Å². The van der Waals surface area contributed by atoms with Crippen LogP contribution >= 0.6 is 24.0 Å². The lowest BCUT2D eigenvalue weighted by molar-refractivity contribution is 0.632. The van der Waals surface area contributed by atoms with Crippen LogP contribution in [0.5, 0.6) is 0 Å². The highest BCUT2D eigenvalue weighted by molar-refractivity contribution is 14.0. The average Bonchev–Trinajstić information content (AvgIpc) is 3.14. The summed E-state index contributed by atoms with van der Waals surface area (Å²) in [6.45, 7) is 4.52. The molecule has 0 saturated heterocycles. The highest BCUT2D eigenvalue weighted by Gasteiger charge is 2.03. The van der Waals surface area contributed by atoms with Crippen LogP contribution in [0.3, 0.4) is 0 Å². The molecule has 0 spiro atoms. The molecule has 0 radical (unpaired) electrons. The molecule has 0 aliphatic carbocycles. The van der Waals surface area contributed by atoms with Crippen LogP contribution < -0.4 is 10.6 Å². The van der Waals surface area contributed by atoms with Crippen molar-refractivity contribution in [3.05, 3.63) is 60.2 Å². The third-order valence-electron chi connectivity index (χ3n) is 4.45. The Hall–Kier alpha value is -2.16. The maximum absolute atomic E-state index is 4.30. The zero-order valence-corrected chi connectivity index (χ0v) is 18.2. The summed E-state index contributed by atoms with van der Waals surface area (Å²) < 4.78 is 2.07. The molecule has 6 nitrogen and oxygen atoms in total. The number of halogens is 1. The zero-order chi connectivity index (χ0) is 18.2. The monoisotopic (exact) mass is 478 g/mol. The predicted octanol–water partition coefficient (Wildman–Crippen LogP) is 3.02. The van der Waals surface area contributed by atoms with Gasteiger partial charge in [-0.2, -0.15) is 0 Å². The van der Waals surface area contributed by atoms with Crippen molar-refractivity contribution >= 4 is 40.7 Å². The summed E-state index contributed by atoms with van der Waals surface area (Å²) in [4.78, 5) is 4.30. The number of hydrogen-bond acceptors (Lipinski definition) is 3. The number of aryl methyl sites for hydroxylation is 1. The quantitative estimate of drug-likeness (QED) is 0.311. The fourth-order valence-electron chi connectivity index (χ4n) is 3.08. The van der Waals surface area contributed by atoms with E-state index in [0.717, 1.165) is 44.3 Å². The number of fused-ring (bicyclic) bond motifs is 1. The second-order valence-electron chi connectivity index (χ2n) is 6.11. The second-order valence-corrected chi connectivity index (χ2v) is 6.11. The normalized spacial score (nSPS) is 11.3. The summed E-state index contributed by atoms with van der Waals surface area (Å²) in [7, 11) is 1.80. The van der Waals surface area contributed by atoms with Crippen LogP contribution in [0.1, 0.15) is 18.3 Å². The van der Waals surface area contributed by atoms with E-state index in [4.69, 9.17) is 0 Å². The number of benzene rings is 2. The van der Waals surface area contributed by atoms with Crippen molar-refractivity contribution in [2.45, 2.75) is 26.3 Å². The highest BCUT2D eigenvalue weighted by Crippen LogP contribution is 2.18. The van der Waals surface area contributed by atoms with Gasteiger partial charge in [0.2, 0.25) is 0 Å². The number of guanidine groups is 1. The van der Waals surface area contributed by atoms with Crippen LogP contribution in [0.2, 0.25) is 0 Å². The fraction of sp³-hybridized carbons (Fsp3) is 0.350. The number of hydrogen-bond donors (Lipinski definition) is 2. The number of aliphatic imine (C=N–C) groups is 1. The van der Waals surface area contributed by atoms with Gasteiger partial charge in [-0.05, 0) is 22.8 Å². The smallest absolute Gasteiger partial charge is 0.191 e. The topological polar surface area (TPSA) is 67.1 Å². The molecule has 1 aromatic heterocycles. The Labute approximate surface area is 177 Å². The van der Waals surface area contributed by atoms with Crippen molar-refractivity contribution in [1.29, 1.82) is 0 Å². The summed E-state index contributed by atoms with van der Waals surface area (Å²) in [6, 6.07) is 15.0. The minimum absolute atomic E-state index is 0. The van der Waals surface area contributed by atoms with E-state index in [1.807, 2.05) is 0 Å². The van der Waals surface area contributed by atoms with E-state index >= 15 is 0 Å². The van der Waals surface area contributed by atoms with Gasteiger partial charge in [-0.1, -0.05) is 49.4 Å². The van der Waals surface area contributed by atoms with Gasteiger partial charge in [-0.3, -0.25) is 4.99 Å². The summed E-state index contributed by atoms with van der Waals surface area (Å²) in [5.41, 5.74) is 1.35. The molecule has 7 heteroatoms. The van der Waals surface area contributed by atoms with Crippen LogP contribution in [0, 0.1) is 0 Å². The Morgan fingerprint density at radius 2 is 1.85 bits per heavy atom. The summed E-state index contributed by atoms with van der Waals surface area (Å²) in [5.74, 6) is 1.82. The third kappa shape index (κ3) is 5.66. The van der Waals surface area contributed by atoms with Crippen LogP contribution in [0.4, 0.5) is 0 Å². The lowest BCUT2D eigenvalue weighted by atomic mass is 10.0. The SMILES string of the molecule is CCc1nncn1CCNC(=NC)NCCc1cccc2ccccc12.I. The van der Waals surface area contributed by atoms with E-state index in [9.17, 15) is 0 Å². The van der Waals surface area contributed by atoms with Gasteiger partial charge in [-0.25, -0.2) is 0 Å². The molecule has 3 aromatic rings. The van der Waals surface area contributed by atoms with E-state index in [1.165, 1.54) is 16.3 Å². The van der Waals surface area contributed by atoms with Crippen LogP contribution in [0.25, 0.3) is 10.8 Å². The number of nitrogens with zero attached hydrogens (tertiary/aromatic N) is 4. The predicted molar refractivity (Wildman–Crippen MR) is 122 cm³/mol. The largest absolute Gasteiger partial charge is 0.356 e. The first kappa shape index (κ1) is 21.1. The molecule has 0 atom stereocenters. The van der Waals surface area contributed by atoms with E-state index in [-0.39, 0.29) is 24.0 Å². The lowest BCUT2D eigenvalue weighted by Gasteiger charge is -2.13. The van der Waals surface area contributed by atoms with Crippen molar-refractivity contribution in [3.63, 3.8) is 0 Å². The number of nitrogens with one attached hydrogen (secondary N) is 2. The second kappa shape index (κ2) is 10.9. The van der Waals surface area contributed by atoms with Gasteiger partial charge in [0.1, 0.15) is 12.2 Å². The Morgan fingerprint density at radius 1 is 1.07 bits per heavy atom. The molecular weight excluding hydrogens is 451 g/mol. The van der Waals surface area contributed by atoms with Crippen molar-refractivity contribution in [3.8, 4) is 0 Å². The molecule has 2 N–H and O–H groups in total. The Bertz CT molecular complexity index is 868. The van der Waals surface area contributed by atoms with Gasteiger partial charge < -0.3 is 15.2 Å². The first-order valence-corrected chi connectivity index (χ1v) is 9.09. The Kier molecular flexibility index (Phi) is 8.50. The molecule has 2 aromatic carbocycles. The molecule has 0 fully saturated rings. The van der Waals surface area contributed by atoms with Gasteiger partial charge >= 0.3 is 0 Å². The fourth-order valence-corrected chi connectivity index (χ4v) is 3.08. The van der Waals surface area contributed by atoms with Crippen molar-refractivity contribution < 1.29 is 0 Å². The minimum Gasteiger partial charge on any atom is -0.356 e. The van der Waals surface area contributed by atoms with Gasteiger partial charge in [0, 0.05) is 33.1 Å². The molecule has 144 valence electrons. The van der Waals surface area contributed by atoms with E-state index in [2.05, 4.69) is 79.8 Å². The average molecular weight is 478 g/mol. The van der Waals surface area contributed by atoms with E-state index < -0.39 is 0 Å². The zero-order valence-electron chi connectivity index (χ0n) is 15.9. The van der Waals surface area contributed by atoms with Crippen molar-refractivity contribution in [1.82, 2.24) is 25.4 Å². The summed E-state index contributed by atoms with van der Waals surface area (Å²) in [5, 5.41) is 17.4. The Morgan fingerprint density at radius 3 is 2.67 bits per heavy atom. The molecule has 1 heterocycles. The van der Waals surface area contributed by atoms with Crippen LogP contribution in [-0.2, 0) is 19.4 Å². The molecule has 3 rings (SSSR count). The van der Waals surface area contributed by atoms with E-state index in [1.54, 1.807) is 13.4 Å². The van der Waals surface area contributed by atoms with Crippen molar-refractivity contribution in [2.24, 2.45) is 4.99 Å². The first-order chi connectivity index (χ1) is 12.8. The minimum atomic E-state index is 0. The number of aromatic nitrogens is 3. The summed E-state index contributed by atoms with van der Waals surface area (Å²) >= 11 is 0.